The van der Waals surface area contributed by atoms with Crippen molar-refractivity contribution >= 4 is 28.8 Å². The van der Waals surface area contributed by atoms with Crippen molar-refractivity contribution in [3.05, 3.63) is 89.6 Å². The Bertz CT molecular complexity index is 1210. The van der Waals surface area contributed by atoms with Gasteiger partial charge in [-0.1, -0.05) is 42.0 Å². The molecule has 1 N–H and O–H groups in total. The van der Waals surface area contributed by atoms with Crippen molar-refractivity contribution in [2.45, 2.75) is 26.9 Å². The molecule has 3 aromatic carbocycles. The Labute approximate surface area is 193 Å². The third-order valence-corrected chi connectivity index (χ3v) is 5.25. The second-order valence-electron chi connectivity index (χ2n) is 8.05. The molecule has 0 saturated carbocycles. The number of nitrogens with one attached hydrogen (secondary N) is 1. The SMILES string of the molecule is COc1ccc(NC2=C(c3ccc(C)cc3)C(=O)N(c3ccccc3OC(C)C)C2=O)cc1. The number of amides is 2. The second-order valence-corrected chi connectivity index (χ2v) is 8.05. The average Bonchev–Trinajstić information content (AvgIpc) is 3.04. The summed E-state index contributed by atoms with van der Waals surface area (Å²) in [6.45, 7) is 5.77. The summed E-state index contributed by atoms with van der Waals surface area (Å²) in [6.07, 6.45) is -0.111. The monoisotopic (exact) mass is 442 g/mol. The van der Waals surface area contributed by atoms with Crippen molar-refractivity contribution in [2.24, 2.45) is 0 Å². The van der Waals surface area contributed by atoms with Crippen LogP contribution in [0.5, 0.6) is 11.5 Å². The second kappa shape index (κ2) is 9.20. The summed E-state index contributed by atoms with van der Waals surface area (Å²) in [5.74, 6) is 0.331. The van der Waals surface area contributed by atoms with E-state index in [1.165, 1.54) is 4.90 Å². The molecule has 3 aromatic rings. The van der Waals surface area contributed by atoms with Gasteiger partial charge in [0.15, 0.2) is 0 Å². The fourth-order valence-electron chi connectivity index (χ4n) is 3.67. The van der Waals surface area contributed by atoms with Gasteiger partial charge in [-0.2, -0.15) is 0 Å². The van der Waals surface area contributed by atoms with Crippen LogP contribution in [0.4, 0.5) is 11.4 Å². The zero-order valence-corrected chi connectivity index (χ0v) is 19.1. The Kier molecular flexibility index (Phi) is 6.18. The molecule has 1 aliphatic heterocycles. The van der Waals surface area contributed by atoms with Gasteiger partial charge in [0.1, 0.15) is 17.2 Å². The minimum Gasteiger partial charge on any atom is -0.497 e. The van der Waals surface area contributed by atoms with E-state index < -0.39 is 11.8 Å². The Morgan fingerprint density at radius 2 is 1.52 bits per heavy atom. The van der Waals surface area contributed by atoms with E-state index in [1.807, 2.05) is 51.1 Å². The van der Waals surface area contributed by atoms with Crippen LogP contribution in [-0.2, 0) is 9.59 Å². The van der Waals surface area contributed by atoms with Gasteiger partial charge in [0.2, 0.25) is 0 Å². The number of benzene rings is 3. The quantitative estimate of drug-likeness (QED) is 0.510. The van der Waals surface area contributed by atoms with Crippen LogP contribution in [0.3, 0.4) is 0 Å². The number of carbonyl (C=O) groups excluding carboxylic acids is 2. The van der Waals surface area contributed by atoms with Gasteiger partial charge in [0.25, 0.3) is 11.8 Å². The third kappa shape index (κ3) is 4.46. The van der Waals surface area contributed by atoms with E-state index in [0.717, 1.165) is 5.56 Å². The van der Waals surface area contributed by atoms with E-state index in [0.29, 0.717) is 34.0 Å². The molecule has 0 aromatic heterocycles. The molecule has 0 atom stereocenters. The van der Waals surface area contributed by atoms with Crippen LogP contribution in [0.25, 0.3) is 5.57 Å². The number of imide groups is 1. The van der Waals surface area contributed by atoms with Crippen molar-refractivity contribution in [2.75, 3.05) is 17.3 Å². The van der Waals surface area contributed by atoms with Crippen LogP contribution in [-0.4, -0.2) is 25.0 Å². The highest BCUT2D eigenvalue weighted by atomic mass is 16.5. The van der Waals surface area contributed by atoms with Gasteiger partial charge < -0.3 is 14.8 Å². The molecule has 0 radical (unpaired) electrons. The highest BCUT2D eigenvalue weighted by molar-refractivity contribution is 6.46. The van der Waals surface area contributed by atoms with Crippen molar-refractivity contribution in [1.29, 1.82) is 0 Å². The molecule has 0 unspecified atom stereocenters. The Morgan fingerprint density at radius 3 is 2.15 bits per heavy atom. The highest BCUT2D eigenvalue weighted by Crippen LogP contribution is 2.38. The number of rotatable bonds is 7. The van der Waals surface area contributed by atoms with Gasteiger partial charge >= 0.3 is 0 Å². The molecular formula is C27H26N2O4. The molecule has 4 rings (SSSR count). The van der Waals surface area contributed by atoms with Crippen LogP contribution in [0, 0.1) is 6.92 Å². The number of aryl methyl sites for hydroxylation is 1. The van der Waals surface area contributed by atoms with Crippen LogP contribution in [0.15, 0.2) is 78.5 Å². The molecule has 0 aliphatic carbocycles. The predicted octanol–water partition coefficient (Wildman–Crippen LogP) is 5.19. The average molecular weight is 443 g/mol. The first kappa shape index (κ1) is 22.1. The highest BCUT2D eigenvalue weighted by Gasteiger charge is 2.41. The summed E-state index contributed by atoms with van der Waals surface area (Å²) in [6, 6.07) is 21.8. The summed E-state index contributed by atoms with van der Waals surface area (Å²) in [5, 5.41) is 3.17. The molecule has 2 amide bonds. The maximum atomic E-state index is 13.7. The predicted molar refractivity (Wildman–Crippen MR) is 129 cm³/mol. The molecule has 33 heavy (non-hydrogen) atoms. The Morgan fingerprint density at radius 1 is 0.848 bits per heavy atom. The number of nitrogens with zero attached hydrogens (tertiary/aromatic N) is 1. The summed E-state index contributed by atoms with van der Waals surface area (Å²) >= 11 is 0. The minimum atomic E-state index is -0.439. The van der Waals surface area contributed by atoms with Gasteiger partial charge in [-0.15, -0.1) is 0 Å². The standard InChI is InChI=1S/C27H26N2O4/c1-17(2)33-23-8-6-5-7-22(23)29-26(30)24(19-11-9-18(3)10-12-19)25(27(29)31)28-20-13-15-21(32-4)16-14-20/h5-17,28H,1-4H3. The molecule has 0 bridgehead atoms. The fourth-order valence-corrected chi connectivity index (χ4v) is 3.67. The molecule has 168 valence electrons. The molecule has 1 heterocycles. The number of ether oxygens (including phenoxy) is 2. The number of para-hydroxylation sites is 2. The van der Waals surface area contributed by atoms with Crippen molar-refractivity contribution in [1.82, 2.24) is 0 Å². The molecule has 0 spiro atoms. The normalized spacial score (nSPS) is 13.7. The van der Waals surface area contributed by atoms with E-state index in [1.54, 1.807) is 49.6 Å². The topological polar surface area (TPSA) is 67.9 Å². The third-order valence-electron chi connectivity index (χ3n) is 5.25. The van der Waals surface area contributed by atoms with Gasteiger partial charge in [-0.25, -0.2) is 4.90 Å². The van der Waals surface area contributed by atoms with Gasteiger partial charge in [-0.3, -0.25) is 9.59 Å². The van der Waals surface area contributed by atoms with Crippen LogP contribution < -0.4 is 19.7 Å². The van der Waals surface area contributed by atoms with E-state index in [4.69, 9.17) is 9.47 Å². The first-order valence-electron chi connectivity index (χ1n) is 10.8. The van der Waals surface area contributed by atoms with Gasteiger partial charge in [0.05, 0.1) is 24.5 Å². The number of anilines is 2. The lowest BCUT2D eigenvalue weighted by atomic mass is 10.0. The van der Waals surface area contributed by atoms with E-state index in [9.17, 15) is 9.59 Å². The smallest absolute Gasteiger partial charge is 0.282 e. The lowest BCUT2D eigenvalue weighted by Gasteiger charge is -2.20. The molecule has 1 aliphatic rings. The number of carbonyl (C=O) groups is 2. The fraction of sp³-hybridized carbons (Fsp3) is 0.185. The summed E-state index contributed by atoms with van der Waals surface area (Å²) in [4.78, 5) is 28.5. The van der Waals surface area contributed by atoms with Crippen molar-refractivity contribution in [3.8, 4) is 11.5 Å². The summed E-state index contributed by atoms with van der Waals surface area (Å²) < 4.78 is 11.1. The van der Waals surface area contributed by atoms with E-state index in [2.05, 4.69) is 5.32 Å². The van der Waals surface area contributed by atoms with Crippen LogP contribution >= 0.6 is 0 Å². The lowest BCUT2D eigenvalue weighted by molar-refractivity contribution is -0.120. The molecule has 0 fully saturated rings. The van der Waals surface area contributed by atoms with E-state index in [-0.39, 0.29) is 11.8 Å². The largest absolute Gasteiger partial charge is 0.497 e. The van der Waals surface area contributed by atoms with Crippen molar-refractivity contribution < 1.29 is 19.1 Å². The maximum absolute atomic E-state index is 13.7. The molecule has 0 saturated heterocycles. The van der Waals surface area contributed by atoms with Gasteiger partial charge in [0, 0.05) is 5.69 Å². The summed E-state index contributed by atoms with van der Waals surface area (Å²) in [5.41, 5.74) is 3.35. The Balaban J connectivity index is 1.80. The first-order valence-corrected chi connectivity index (χ1v) is 10.8. The lowest BCUT2D eigenvalue weighted by Crippen LogP contribution is -2.33. The van der Waals surface area contributed by atoms with Crippen LogP contribution in [0.1, 0.15) is 25.0 Å². The Hall–Kier alpha value is -4.06. The van der Waals surface area contributed by atoms with Crippen molar-refractivity contribution in [3.63, 3.8) is 0 Å². The van der Waals surface area contributed by atoms with Gasteiger partial charge in [-0.05, 0) is 62.7 Å². The number of hydrogen-bond donors (Lipinski definition) is 1. The first-order chi connectivity index (χ1) is 15.9. The van der Waals surface area contributed by atoms with Crippen LogP contribution in [0.2, 0.25) is 0 Å². The maximum Gasteiger partial charge on any atom is 0.282 e. The zero-order valence-electron chi connectivity index (χ0n) is 19.1. The molecule has 6 heteroatoms. The van der Waals surface area contributed by atoms with E-state index >= 15 is 0 Å². The minimum absolute atomic E-state index is 0.111. The zero-order chi connectivity index (χ0) is 23.5. The number of methoxy groups -OCH3 is 1. The molecular weight excluding hydrogens is 416 g/mol. The molecule has 6 nitrogen and oxygen atoms in total. The number of hydrogen-bond acceptors (Lipinski definition) is 5. The summed E-state index contributed by atoms with van der Waals surface area (Å²) in [7, 11) is 1.59.